The lowest BCUT2D eigenvalue weighted by atomic mass is 10.1. The largest absolute Gasteiger partial charge is 0.481 e. The molecule has 1 atom stereocenters. The maximum absolute atomic E-state index is 12.8. The van der Waals surface area contributed by atoms with Gasteiger partial charge in [0.1, 0.15) is 0 Å². The molecule has 1 N–H and O–H groups in total. The molecule has 1 aromatic rings. The van der Waals surface area contributed by atoms with Gasteiger partial charge in [0.2, 0.25) is 0 Å². The zero-order valence-electron chi connectivity index (χ0n) is 14.0. The summed E-state index contributed by atoms with van der Waals surface area (Å²) in [6, 6.07) is 7.56. The molecule has 24 heavy (non-hydrogen) atoms. The van der Waals surface area contributed by atoms with E-state index in [9.17, 15) is 9.59 Å². The van der Waals surface area contributed by atoms with Gasteiger partial charge in [0.15, 0.2) is 0 Å². The van der Waals surface area contributed by atoms with Gasteiger partial charge in [-0.3, -0.25) is 9.59 Å². The maximum Gasteiger partial charge on any atom is 0.306 e. The van der Waals surface area contributed by atoms with Crippen LogP contribution in [0.15, 0.2) is 40.8 Å². The van der Waals surface area contributed by atoms with Gasteiger partial charge < -0.3 is 14.7 Å². The van der Waals surface area contributed by atoms with E-state index in [1.165, 1.54) is 5.57 Å². The fraction of sp³-hybridized carbons (Fsp3) is 0.444. The van der Waals surface area contributed by atoms with Crippen LogP contribution in [0, 0.1) is 0 Å². The Kier molecular flexibility index (Phi) is 6.87. The highest BCUT2D eigenvalue weighted by Crippen LogP contribution is 2.25. The van der Waals surface area contributed by atoms with Crippen molar-refractivity contribution in [2.24, 2.45) is 0 Å². The van der Waals surface area contributed by atoms with Crippen LogP contribution in [0.5, 0.6) is 0 Å². The van der Waals surface area contributed by atoms with Crippen molar-refractivity contribution in [1.82, 2.24) is 4.90 Å². The molecule has 1 unspecified atom stereocenters. The van der Waals surface area contributed by atoms with Crippen molar-refractivity contribution in [2.45, 2.75) is 31.3 Å². The maximum atomic E-state index is 12.8. The van der Waals surface area contributed by atoms with E-state index in [4.69, 9.17) is 9.84 Å². The average Bonchev–Trinajstić information content (AvgIpc) is 2.54. The Morgan fingerprint density at radius 1 is 1.38 bits per heavy atom. The molecular formula is C18H23NO4S. The van der Waals surface area contributed by atoms with Gasteiger partial charge in [0.05, 0.1) is 24.7 Å². The molecule has 0 bridgehead atoms. The summed E-state index contributed by atoms with van der Waals surface area (Å²) in [5.74, 6) is -0.154. The van der Waals surface area contributed by atoms with Gasteiger partial charge in [0, 0.05) is 23.7 Å². The fourth-order valence-corrected chi connectivity index (χ4v) is 3.54. The number of carboxylic acids is 1. The smallest absolute Gasteiger partial charge is 0.306 e. The SMILES string of the molecule is CC(C)=CCSc1ccccc1C(=O)N1CCOC(CC(=O)O)C1. The minimum absolute atomic E-state index is 0.0611. The van der Waals surface area contributed by atoms with Crippen molar-refractivity contribution in [2.75, 3.05) is 25.4 Å². The Morgan fingerprint density at radius 2 is 2.12 bits per heavy atom. The molecule has 1 aromatic carbocycles. The molecule has 6 heteroatoms. The zero-order chi connectivity index (χ0) is 17.5. The van der Waals surface area contributed by atoms with Gasteiger partial charge in [-0.1, -0.05) is 23.8 Å². The van der Waals surface area contributed by atoms with Crippen molar-refractivity contribution in [1.29, 1.82) is 0 Å². The molecule has 1 amide bonds. The lowest BCUT2D eigenvalue weighted by molar-refractivity contribution is -0.141. The Labute approximate surface area is 146 Å². The highest BCUT2D eigenvalue weighted by Gasteiger charge is 2.27. The molecule has 1 saturated heterocycles. The number of thioether (sulfide) groups is 1. The summed E-state index contributed by atoms with van der Waals surface area (Å²) in [6.45, 7) is 5.28. The van der Waals surface area contributed by atoms with Gasteiger partial charge in [-0.15, -0.1) is 11.8 Å². The van der Waals surface area contributed by atoms with Crippen LogP contribution in [0.4, 0.5) is 0 Å². The number of allylic oxidation sites excluding steroid dienone is 1. The summed E-state index contributed by atoms with van der Waals surface area (Å²) in [5, 5.41) is 8.90. The lowest BCUT2D eigenvalue weighted by Gasteiger charge is -2.32. The second kappa shape index (κ2) is 8.89. The van der Waals surface area contributed by atoms with Gasteiger partial charge >= 0.3 is 5.97 Å². The highest BCUT2D eigenvalue weighted by molar-refractivity contribution is 7.99. The van der Waals surface area contributed by atoms with E-state index in [0.29, 0.717) is 25.3 Å². The predicted octanol–water partition coefficient (Wildman–Crippen LogP) is 3.06. The van der Waals surface area contributed by atoms with E-state index >= 15 is 0 Å². The van der Waals surface area contributed by atoms with Crippen molar-refractivity contribution >= 4 is 23.6 Å². The third-order valence-electron chi connectivity index (χ3n) is 3.68. The standard InChI is InChI=1S/C18H23NO4S/c1-13(2)7-10-24-16-6-4-3-5-15(16)18(22)19-8-9-23-14(12-19)11-17(20)21/h3-7,14H,8-12H2,1-2H3,(H,20,21). The number of amides is 1. The Hall–Kier alpha value is -1.79. The minimum Gasteiger partial charge on any atom is -0.481 e. The number of morpholine rings is 1. The summed E-state index contributed by atoms with van der Waals surface area (Å²) in [6.07, 6.45) is 1.61. The quantitative estimate of drug-likeness (QED) is 0.631. The third-order valence-corrected chi connectivity index (χ3v) is 4.68. The average molecular weight is 349 g/mol. The minimum atomic E-state index is -0.910. The number of ether oxygens (including phenoxy) is 1. The van der Waals surface area contributed by atoms with Crippen LogP contribution in [-0.4, -0.2) is 53.4 Å². The predicted molar refractivity (Wildman–Crippen MR) is 94.5 cm³/mol. The molecule has 0 radical (unpaired) electrons. The molecule has 0 saturated carbocycles. The van der Waals surface area contributed by atoms with Gasteiger partial charge in [-0.05, 0) is 26.0 Å². The van der Waals surface area contributed by atoms with Crippen LogP contribution in [-0.2, 0) is 9.53 Å². The van der Waals surface area contributed by atoms with Crippen LogP contribution >= 0.6 is 11.8 Å². The van der Waals surface area contributed by atoms with Crippen molar-refractivity contribution < 1.29 is 19.4 Å². The van der Waals surface area contributed by atoms with Gasteiger partial charge in [-0.25, -0.2) is 0 Å². The number of benzene rings is 1. The third kappa shape index (κ3) is 5.39. The summed E-state index contributed by atoms with van der Waals surface area (Å²) in [5.41, 5.74) is 1.91. The van der Waals surface area contributed by atoms with Crippen LogP contribution in [0.1, 0.15) is 30.6 Å². The molecule has 0 spiro atoms. The van der Waals surface area contributed by atoms with Crippen LogP contribution in [0.25, 0.3) is 0 Å². The molecule has 0 aromatic heterocycles. The van der Waals surface area contributed by atoms with Crippen molar-refractivity contribution in [3.8, 4) is 0 Å². The molecule has 1 fully saturated rings. The van der Waals surface area contributed by atoms with Crippen molar-refractivity contribution in [3.05, 3.63) is 41.5 Å². The number of carbonyl (C=O) groups is 2. The molecule has 5 nitrogen and oxygen atoms in total. The highest BCUT2D eigenvalue weighted by atomic mass is 32.2. The summed E-state index contributed by atoms with van der Waals surface area (Å²) >= 11 is 1.63. The normalized spacial score (nSPS) is 17.4. The first kappa shape index (κ1) is 18.5. The van der Waals surface area contributed by atoms with Crippen molar-refractivity contribution in [3.63, 3.8) is 0 Å². The van der Waals surface area contributed by atoms with Crippen LogP contribution in [0.3, 0.4) is 0 Å². The number of carbonyl (C=O) groups excluding carboxylic acids is 1. The first-order valence-corrected chi connectivity index (χ1v) is 8.94. The van der Waals surface area contributed by atoms with E-state index in [1.807, 2.05) is 38.1 Å². The number of aliphatic carboxylic acids is 1. The number of carboxylic acid groups (broad SMARTS) is 1. The van der Waals surface area contributed by atoms with Gasteiger partial charge in [0.25, 0.3) is 5.91 Å². The number of hydrogen-bond acceptors (Lipinski definition) is 4. The van der Waals surface area contributed by atoms with Crippen LogP contribution < -0.4 is 0 Å². The Morgan fingerprint density at radius 3 is 2.83 bits per heavy atom. The first-order valence-electron chi connectivity index (χ1n) is 7.95. The zero-order valence-corrected chi connectivity index (χ0v) is 14.8. The van der Waals surface area contributed by atoms with E-state index in [0.717, 1.165) is 10.6 Å². The molecule has 1 aliphatic heterocycles. The molecule has 130 valence electrons. The number of rotatable bonds is 6. The molecule has 0 aliphatic carbocycles. The molecule has 1 heterocycles. The summed E-state index contributed by atoms with van der Waals surface area (Å²) in [7, 11) is 0. The van der Waals surface area contributed by atoms with E-state index in [-0.39, 0.29) is 12.3 Å². The fourth-order valence-electron chi connectivity index (χ4n) is 2.46. The van der Waals surface area contributed by atoms with E-state index in [2.05, 4.69) is 6.08 Å². The topological polar surface area (TPSA) is 66.8 Å². The van der Waals surface area contributed by atoms with Crippen LogP contribution in [0.2, 0.25) is 0 Å². The van der Waals surface area contributed by atoms with E-state index in [1.54, 1.807) is 16.7 Å². The monoisotopic (exact) mass is 349 g/mol. The summed E-state index contributed by atoms with van der Waals surface area (Å²) < 4.78 is 5.44. The Bertz CT molecular complexity index is 625. The molecular weight excluding hydrogens is 326 g/mol. The first-order chi connectivity index (χ1) is 11.5. The lowest BCUT2D eigenvalue weighted by Crippen LogP contribution is -2.46. The second-order valence-electron chi connectivity index (χ2n) is 5.93. The number of nitrogens with zero attached hydrogens (tertiary/aromatic N) is 1. The second-order valence-corrected chi connectivity index (χ2v) is 6.99. The number of hydrogen-bond donors (Lipinski definition) is 1. The van der Waals surface area contributed by atoms with Gasteiger partial charge in [-0.2, -0.15) is 0 Å². The molecule has 2 rings (SSSR count). The van der Waals surface area contributed by atoms with E-state index < -0.39 is 12.1 Å². The Balaban J connectivity index is 2.08. The summed E-state index contributed by atoms with van der Waals surface area (Å²) in [4.78, 5) is 26.3. The molecule has 1 aliphatic rings.